The van der Waals surface area contributed by atoms with Crippen molar-refractivity contribution in [3.63, 3.8) is 0 Å². The van der Waals surface area contributed by atoms with E-state index in [0.717, 1.165) is 37.2 Å². The van der Waals surface area contributed by atoms with Crippen molar-refractivity contribution >= 4 is 5.69 Å². The molecule has 0 saturated carbocycles. The Labute approximate surface area is 141 Å². The number of hydrogen-bond acceptors (Lipinski definition) is 4. The van der Waals surface area contributed by atoms with Gasteiger partial charge in [0, 0.05) is 25.2 Å². The topological polar surface area (TPSA) is 59.3 Å². The highest BCUT2D eigenvalue weighted by atomic mass is 16.3. The van der Waals surface area contributed by atoms with Gasteiger partial charge in [-0.05, 0) is 51.3 Å². The summed E-state index contributed by atoms with van der Waals surface area (Å²) in [6.07, 6.45) is 1.48. The lowest BCUT2D eigenvalue weighted by Gasteiger charge is -2.26. The molecule has 1 aromatic rings. The van der Waals surface area contributed by atoms with E-state index in [-0.39, 0.29) is 5.54 Å². The predicted octanol–water partition coefficient (Wildman–Crippen LogP) is 3.61. The molecule has 0 aromatic heterocycles. The van der Waals surface area contributed by atoms with E-state index < -0.39 is 6.10 Å². The summed E-state index contributed by atoms with van der Waals surface area (Å²) in [5, 5.41) is 23.1. The third kappa shape index (κ3) is 6.21. The molecule has 1 unspecified atom stereocenters. The Morgan fingerprint density at radius 3 is 2.30 bits per heavy atom. The van der Waals surface area contributed by atoms with E-state index in [1.165, 1.54) is 0 Å². The van der Waals surface area contributed by atoms with Crippen LogP contribution >= 0.6 is 0 Å². The maximum Gasteiger partial charge on any atom is 0.101 e. The molecule has 0 aliphatic carbocycles. The minimum atomic E-state index is -0.610. The molecule has 4 heteroatoms. The Morgan fingerprint density at radius 1 is 1.22 bits per heavy atom. The second kappa shape index (κ2) is 8.90. The van der Waals surface area contributed by atoms with Crippen molar-refractivity contribution < 1.29 is 5.11 Å². The van der Waals surface area contributed by atoms with E-state index in [1.54, 1.807) is 0 Å². The van der Waals surface area contributed by atoms with Crippen LogP contribution in [0.5, 0.6) is 0 Å². The summed E-state index contributed by atoms with van der Waals surface area (Å²) in [7, 11) is 0. The minimum Gasteiger partial charge on any atom is -0.387 e. The van der Waals surface area contributed by atoms with Crippen LogP contribution in [0.2, 0.25) is 0 Å². The number of hydrogen-bond donors (Lipinski definition) is 2. The van der Waals surface area contributed by atoms with Crippen LogP contribution in [0.1, 0.15) is 64.7 Å². The zero-order chi connectivity index (χ0) is 17.5. The van der Waals surface area contributed by atoms with Gasteiger partial charge in [-0.25, -0.2) is 0 Å². The van der Waals surface area contributed by atoms with Gasteiger partial charge in [0.25, 0.3) is 0 Å². The lowest BCUT2D eigenvalue weighted by molar-refractivity contribution is 0.163. The largest absolute Gasteiger partial charge is 0.387 e. The first-order chi connectivity index (χ1) is 10.8. The lowest BCUT2D eigenvalue weighted by Crippen LogP contribution is -2.38. The number of aliphatic hydroxyl groups is 1. The Hall–Kier alpha value is -1.57. The first-order valence-electron chi connectivity index (χ1n) is 8.54. The summed E-state index contributed by atoms with van der Waals surface area (Å²) in [4.78, 5) is 2.25. The molecule has 0 bridgehead atoms. The molecule has 2 N–H and O–H groups in total. The van der Waals surface area contributed by atoms with E-state index in [1.807, 2.05) is 18.2 Å². The third-order valence-electron chi connectivity index (χ3n) is 3.68. The molecule has 0 fully saturated rings. The summed E-state index contributed by atoms with van der Waals surface area (Å²) in [5.74, 6) is 0. The summed E-state index contributed by atoms with van der Waals surface area (Å²) in [5.41, 5.74) is 2.35. The predicted molar refractivity (Wildman–Crippen MR) is 96.7 cm³/mol. The molecule has 128 valence electrons. The average Bonchev–Trinajstić information content (AvgIpc) is 2.51. The highest BCUT2D eigenvalue weighted by Gasteiger charge is 2.16. The van der Waals surface area contributed by atoms with Crippen LogP contribution in [0, 0.1) is 11.3 Å². The Balaban J connectivity index is 2.97. The maximum absolute atomic E-state index is 10.4. The molecule has 1 rings (SSSR count). The molecule has 0 amide bonds. The molecule has 0 radical (unpaired) electrons. The normalized spacial score (nSPS) is 12.7. The molecule has 0 aliphatic heterocycles. The van der Waals surface area contributed by atoms with Crippen molar-refractivity contribution in [2.75, 3.05) is 24.5 Å². The van der Waals surface area contributed by atoms with Crippen LogP contribution in [-0.2, 0) is 0 Å². The average molecular weight is 317 g/mol. The van der Waals surface area contributed by atoms with Crippen LogP contribution in [0.25, 0.3) is 0 Å². The van der Waals surface area contributed by atoms with Gasteiger partial charge in [-0.15, -0.1) is 0 Å². The highest BCUT2D eigenvalue weighted by molar-refractivity contribution is 5.60. The number of nitriles is 1. The Morgan fingerprint density at radius 2 is 1.83 bits per heavy atom. The molecule has 1 atom stereocenters. The van der Waals surface area contributed by atoms with Gasteiger partial charge in [-0.1, -0.05) is 19.9 Å². The summed E-state index contributed by atoms with van der Waals surface area (Å²) < 4.78 is 0. The number of benzene rings is 1. The molecule has 23 heavy (non-hydrogen) atoms. The van der Waals surface area contributed by atoms with Gasteiger partial charge in [0.05, 0.1) is 17.4 Å². The minimum absolute atomic E-state index is 0.0436. The van der Waals surface area contributed by atoms with Crippen molar-refractivity contribution in [3.8, 4) is 6.07 Å². The van der Waals surface area contributed by atoms with Crippen LogP contribution in [0.3, 0.4) is 0 Å². The first-order valence-corrected chi connectivity index (χ1v) is 8.54. The van der Waals surface area contributed by atoms with Gasteiger partial charge >= 0.3 is 0 Å². The maximum atomic E-state index is 10.4. The number of rotatable bonds is 8. The summed E-state index contributed by atoms with van der Waals surface area (Å²) in [6.45, 7) is 12.8. The second-order valence-corrected chi connectivity index (χ2v) is 7.02. The van der Waals surface area contributed by atoms with E-state index in [4.69, 9.17) is 0 Å². The standard InChI is InChI=1S/C19H31N3O/c1-6-10-22(11-7-2)17-9-8-15(12-16(17)13-20)18(23)14-21-19(3,4)5/h8-9,12,18,21,23H,6-7,10-11,14H2,1-5H3. The summed E-state index contributed by atoms with van der Waals surface area (Å²) in [6, 6.07) is 8.02. The quantitative estimate of drug-likeness (QED) is 0.769. The van der Waals surface area contributed by atoms with Crippen molar-refractivity contribution in [1.82, 2.24) is 5.32 Å². The van der Waals surface area contributed by atoms with E-state index in [0.29, 0.717) is 12.1 Å². The van der Waals surface area contributed by atoms with Gasteiger partial charge < -0.3 is 15.3 Å². The molecule has 0 heterocycles. The lowest BCUT2D eigenvalue weighted by atomic mass is 10.0. The number of nitrogens with zero attached hydrogens (tertiary/aromatic N) is 2. The number of aliphatic hydroxyl groups excluding tert-OH is 1. The molecular weight excluding hydrogens is 286 g/mol. The van der Waals surface area contributed by atoms with Crippen molar-refractivity contribution in [3.05, 3.63) is 29.3 Å². The van der Waals surface area contributed by atoms with Crippen molar-refractivity contribution in [2.45, 2.75) is 59.1 Å². The van der Waals surface area contributed by atoms with Crippen LogP contribution in [-0.4, -0.2) is 30.3 Å². The second-order valence-electron chi connectivity index (χ2n) is 7.02. The fourth-order valence-electron chi connectivity index (χ4n) is 2.54. The van der Waals surface area contributed by atoms with Crippen LogP contribution < -0.4 is 10.2 Å². The zero-order valence-electron chi connectivity index (χ0n) is 15.2. The van der Waals surface area contributed by atoms with Gasteiger partial charge in [0.15, 0.2) is 0 Å². The van der Waals surface area contributed by atoms with Gasteiger partial charge in [-0.2, -0.15) is 5.26 Å². The molecule has 4 nitrogen and oxygen atoms in total. The van der Waals surface area contributed by atoms with Crippen molar-refractivity contribution in [2.24, 2.45) is 0 Å². The molecule has 0 saturated heterocycles. The van der Waals surface area contributed by atoms with Gasteiger partial charge in [0.2, 0.25) is 0 Å². The molecule has 0 spiro atoms. The summed E-state index contributed by atoms with van der Waals surface area (Å²) >= 11 is 0. The smallest absolute Gasteiger partial charge is 0.101 e. The number of nitrogens with one attached hydrogen (secondary N) is 1. The first kappa shape index (κ1) is 19.5. The van der Waals surface area contributed by atoms with Crippen LogP contribution in [0.15, 0.2) is 18.2 Å². The zero-order valence-corrected chi connectivity index (χ0v) is 15.2. The molecule has 0 aliphatic rings. The van der Waals surface area contributed by atoms with E-state index >= 15 is 0 Å². The fraction of sp³-hybridized carbons (Fsp3) is 0.632. The van der Waals surface area contributed by atoms with E-state index in [2.05, 4.69) is 50.9 Å². The monoisotopic (exact) mass is 317 g/mol. The van der Waals surface area contributed by atoms with Crippen LogP contribution in [0.4, 0.5) is 5.69 Å². The van der Waals surface area contributed by atoms with Gasteiger partial charge in [-0.3, -0.25) is 0 Å². The highest BCUT2D eigenvalue weighted by Crippen LogP contribution is 2.25. The Bertz CT molecular complexity index is 522. The van der Waals surface area contributed by atoms with Gasteiger partial charge in [0.1, 0.15) is 6.07 Å². The number of β-amino-alcohol motifs (C(OH)–C–C–N with tert-alkyl or cyclic N) is 1. The molecule has 1 aromatic carbocycles. The molecular formula is C19H31N3O. The fourth-order valence-corrected chi connectivity index (χ4v) is 2.54. The number of anilines is 1. The Kier molecular flexibility index (Phi) is 7.54. The third-order valence-corrected chi connectivity index (χ3v) is 3.68. The van der Waals surface area contributed by atoms with Crippen molar-refractivity contribution in [1.29, 1.82) is 5.26 Å². The SMILES string of the molecule is CCCN(CCC)c1ccc(C(O)CNC(C)(C)C)cc1C#N. The van der Waals surface area contributed by atoms with E-state index in [9.17, 15) is 10.4 Å².